The minimum atomic E-state index is -3.58. The zero-order valence-electron chi connectivity index (χ0n) is 33.4. The van der Waals surface area contributed by atoms with E-state index in [1.54, 1.807) is 65.2 Å². The molecule has 5 aromatic rings. The Balaban J connectivity index is 1.03. The van der Waals surface area contributed by atoms with Crippen LogP contribution >= 0.6 is 0 Å². The first-order valence-electron chi connectivity index (χ1n) is 20.1. The van der Waals surface area contributed by atoms with Crippen LogP contribution in [0.3, 0.4) is 0 Å². The van der Waals surface area contributed by atoms with Gasteiger partial charge in [-0.3, -0.25) is 19.3 Å². The number of hydrogen-bond acceptors (Lipinski definition) is 7. The molecule has 0 aromatic heterocycles. The molecule has 1 fully saturated rings. The van der Waals surface area contributed by atoms with Crippen LogP contribution in [0, 0.1) is 5.92 Å². The lowest BCUT2D eigenvalue weighted by atomic mass is 9.82. The highest BCUT2D eigenvalue weighted by molar-refractivity contribution is 6.72. The molecule has 0 unspecified atom stereocenters. The molecule has 4 heterocycles. The van der Waals surface area contributed by atoms with E-state index < -0.39 is 37.6 Å². The van der Waals surface area contributed by atoms with Gasteiger partial charge >= 0.3 is 0 Å². The minimum Gasteiger partial charge on any atom is -0.497 e. The van der Waals surface area contributed by atoms with Crippen molar-refractivity contribution in [2.75, 3.05) is 23.5 Å². The van der Waals surface area contributed by atoms with E-state index >= 15 is 8.90 Å². The Kier molecular flexibility index (Phi) is 9.69. The number of anilines is 3. The summed E-state index contributed by atoms with van der Waals surface area (Å²) in [5.74, 6) is 0.121. The van der Waals surface area contributed by atoms with Crippen LogP contribution in [-0.2, 0) is 39.4 Å². The first-order chi connectivity index (χ1) is 28.4. The van der Waals surface area contributed by atoms with Crippen LogP contribution in [0.2, 0.25) is 18.6 Å². The van der Waals surface area contributed by atoms with Crippen LogP contribution in [0.1, 0.15) is 46.0 Å². The maximum Gasteiger partial charge on any atom is 0.266 e. The molecule has 9 rings (SSSR count). The zero-order valence-corrected chi connectivity index (χ0v) is 34.4. The molecule has 12 heteroatoms. The number of nitrogens with zero attached hydrogens (tertiary/aromatic N) is 3. The van der Waals surface area contributed by atoms with Gasteiger partial charge in [0.1, 0.15) is 11.5 Å². The number of hydrogen-bond donors (Lipinski definition) is 1. The average molecular weight is 812 g/mol. The smallest absolute Gasteiger partial charge is 0.266 e. The van der Waals surface area contributed by atoms with Crippen LogP contribution < -0.4 is 19.3 Å². The number of fused-ring (bicyclic) bond motifs is 5. The molecule has 4 aliphatic heterocycles. The summed E-state index contributed by atoms with van der Waals surface area (Å²) in [6, 6.07) is 34.9. The molecule has 302 valence electrons. The number of amides is 3. The summed E-state index contributed by atoms with van der Waals surface area (Å²) in [6.07, 6.45) is -0.494. The molecule has 59 heavy (non-hydrogen) atoms. The van der Waals surface area contributed by atoms with Crippen molar-refractivity contribution < 1.29 is 37.8 Å². The molecular formula is C47H46FN3O7Si. The fourth-order valence-electron chi connectivity index (χ4n) is 9.84. The van der Waals surface area contributed by atoms with Gasteiger partial charge in [-0.05, 0) is 90.8 Å². The van der Waals surface area contributed by atoms with Gasteiger partial charge in [0.05, 0.1) is 55.8 Å². The van der Waals surface area contributed by atoms with Gasteiger partial charge in [-0.25, -0.2) is 0 Å². The number of para-hydroxylation sites is 3. The van der Waals surface area contributed by atoms with E-state index in [9.17, 15) is 14.7 Å². The fourth-order valence-corrected chi connectivity index (χ4v) is 12.3. The first kappa shape index (κ1) is 38.7. The van der Waals surface area contributed by atoms with Gasteiger partial charge < -0.3 is 33.2 Å². The van der Waals surface area contributed by atoms with Crippen molar-refractivity contribution in [1.82, 2.24) is 4.90 Å². The number of ether oxygens (including phenoxy) is 3. The van der Waals surface area contributed by atoms with Gasteiger partial charge in [0.2, 0.25) is 14.3 Å². The van der Waals surface area contributed by atoms with Crippen LogP contribution in [0.5, 0.6) is 17.2 Å². The third-order valence-corrected chi connectivity index (χ3v) is 15.1. The lowest BCUT2D eigenvalue weighted by Crippen LogP contribution is -2.48. The van der Waals surface area contributed by atoms with Crippen molar-refractivity contribution in [1.29, 1.82) is 0 Å². The first-order valence-corrected chi connectivity index (χ1v) is 23.0. The van der Waals surface area contributed by atoms with Gasteiger partial charge in [0, 0.05) is 29.3 Å². The quantitative estimate of drug-likeness (QED) is 0.124. The largest absolute Gasteiger partial charge is 0.497 e. The van der Waals surface area contributed by atoms with E-state index in [2.05, 4.69) is 0 Å². The molecule has 1 N–H and O–H groups in total. The van der Waals surface area contributed by atoms with Crippen molar-refractivity contribution in [2.45, 2.75) is 69.2 Å². The number of aliphatic hydroxyl groups is 1. The number of carbonyl (C=O) groups excluding carboxylic acids is 3. The predicted molar refractivity (Wildman–Crippen MR) is 224 cm³/mol. The summed E-state index contributed by atoms with van der Waals surface area (Å²) in [7, 11) is -2.03. The third kappa shape index (κ3) is 6.41. The van der Waals surface area contributed by atoms with E-state index in [4.69, 9.17) is 14.2 Å². The maximum atomic E-state index is 16.7. The molecule has 5 aromatic carbocycles. The van der Waals surface area contributed by atoms with Crippen molar-refractivity contribution in [3.8, 4) is 17.2 Å². The number of halogens is 1. The van der Waals surface area contributed by atoms with E-state index in [0.717, 1.165) is 16.7 Å². The molecule has 1 spiro atoms. The highest BCUT2D eigenvalue weighted by Gasteiger charge is 2.67. The van der Waals surface area contributed by atoms with Crippen molar-refractivity contribution >= 4 is 43.2 Å². The van der Waals surface area contributed by atoms with Gasteiger partial charge in [-0.1, -0.05) is 67.6 Å². The molecule has 1 saturated heterocycles. The molecule has 0 aliphatic carbocycles. The Morgan fingerprint density at radius 1 is 0.898 bits per heavy atom. The number of carbonyl (C=O) groups is 3. The Morgan fingerprint density at radius 2 is 1.59 bits per heavy atom. The average Bonchev–Trinajstić information content (AvgIpc) is 3.61. The van der Waals surface area contributed by atoms with Gasteiger partial charge in [0.25, 0.3) is 11.8 Å². The highest BCUT2D eigenvalue weighted by Crippen LogP contribution is 2.61. The second-order valence-electron chi connectivity index (χ2n) is 16.5. The lowest BCUT2D eigenvalue weighted by molar-refractivity contribution is -0.151. The van der Waals surface area contributed by atoms with Crippen LogP contribution in [-0.4, -0.2) is 62.0 Å². The maximum absolute atomic E-state index is 16.7. The van der Waals surface area contributed by atoms with E-state index in [0.29, 0.717) is 58.4 Å². The van der Waals surface area contributed by atoms with E-state index in [1.165, 1.54) is 0 Å². The standard InChI is InChI=1S/C47H46FN3O7Si/c1-29-44(59(3,4)48)42(25-43(53)49-27-32-12-6-5-11-31(32)23-34(49)28-52)58-47(29)37-24-35(56-2)21-22-38(37)50(46(47)55)26-30-17-19-33(20-18-30)51-39-14-8-10-16-41(39)57-40-15-9-7-13-36(40)45(51)54/h5-22,24,29,34,42,44,52H,23,25-28H2,1-4H3/t29-,34+,42+,44-,47+/m1/s1. The Hall–Kier alpha value is -5.82. The second-order valence-corrected chi connectivity index (χ2v) is 20.2. The summed E-state index contributed by atoms with van der Waals surface area (Å²) in [5.41, 5.74) is 3.49. The molecular weight excluding hydrogens is 766 g/mol. The minimum absolute atomic E-state index is 0.127. The normalized spacial score (nSPS) is 23.3. The highest BCUT2D eigenvalue weighted by atomic mass is 28.4. The number of methoxy groups -OCH3 is 1. The van der Waals surface area contributed by atoms with E-state index in [1.807, 2.05) is 91.9 Å². The summed E-state index contributed by atoms with van der Waals surface area (Å²) in [4.78, 5) is 48.4. The number of aliphatic hydroxyl groups excluding tert-OH is 1. The molecule has 10 nitrogen and oxygen atoms in total. The topological polar surface area (TPSA) is 109 Å². The van der Waals surface area contributed by atoms with Crippen LogP contribution in [0.15, 0.2) is 115 Å². The van der Waals surface area contributed by atoms with Crippen LogP contribution in [0.4, 0.5) is 21.2 Å². The Morgan fingerprint density at radius 3 is 2.32 bits per heavy atom. The molecule has 0 radical (unpaired) electrons. The summed E-state index contributed by atoms with van der Waals surface area (Å²) in [5, 5.41) is 10.3. The monoisotopic (exact) mass is 811 g/mol. The molecule has 3 amide bonds. The lowest BCUT2D eigenvalue weighted by Gasteiger charge is -2.37. The van der Waals surface area contributed by atoms with Crippen molar-refractivity contribution in [3.05, 3.63) is 143 Å². The van der Waals surface area contributed by atoms with E-state index in [-0.39, 0.29) is 37.3 Å². The SMILES string of the molecule is COc1ccc2c(c1)[C@]1(O[C@@H](CC(=O)N3Cc4ccccc4C[C@H]3CO)[C@H]([Si](C)(C)F)[C@H]1C)C(=O)N2Cc1ccc(N2C(=O)c3ccccc3Oc3ccccc32)cc1. The molecule has 4 aliphatic rings. The summed E-state index contributed by atoms with van der Waals surface area (Å²) in [6.45, 7) is 5.40. The summed E-state index contributed by atoms with van der Waals surface area (Å²) >= 11 is 0. The van der Waals surface area contributed by atoms with Crippen LogP contribution in [0.25, 0.3) is 0 Å². The van der Waals surface area contributed by atoms with Gasteiger partial charge in [-0.2, -0.15) is 0 Å². The zero-order chi connectivity index (χ0) is 41.2. The summed E-state index contributed by atoms with van der Waals surface area (Å²) < 4.78 is 35.4. The fraction of sp³-hybridized carbons (Fsp3) is 0.298. The molecule has 0 bridgehead atoms. The van der Waals surface area contributed by atoms with Crippen molar-refractivity contribution in [2.24, 2.45) is 5.92 Å². The third-order valence-electron chi connectivity index (χ3n) is 12.6. The van der Waals surface area contributed by atoms with Gasteiger partial charge in [-0.15, -0.1) is 0 Å². The Bertz CT molecular complexity index is 2470. The predicted octanol–water partition coefficient (Wildman–Crippen LogP) is 8.44. The Labute approximate surface area is 343 Å². The number of rotatable bonds is 8. The molecule has 5 atom stereocenters. The molecule has 0 saturated carbocycles. The van der Waals surface area contributed by atoms with Crippen molar-refractivity contribution in [3.63, 3.8) is 0 Å². The number of benzene rings is 5. The second kappa shape index (κ2) is 14.8. The van der Waals surface area contributed by atoms with Gasteiger partial charge in [0.15, 0.2) is 11.4 Å².